The lowest BCUT2D eigenvalue weighted by Gasteiger charge is -2.58. The van der Waals surface area contributed by atoms with Crippen molar-refractivity contribution in [3.63, 3.8) is 0 Å². The van der Waals surface area contributed by atoms with E-state index >= 15 is 0 Å². The van der Waals surface area contributed by atoms with Crippen LogP contribution in [0.1, 0.15) is 49.6 Å². The molecule has 0 bridgehead atoms. The zero-order valence-corrected chi connectivity index (χ0v) is 20.5. The van der Waals surface area contributed by atoms with E-state index in [2.05, 4.69) is 17.6 Å². The maximum Gasteiger partial charge on any atom is 0.220 e. The second-order valence-corrected chi connectivity index (χ2v) is 11.0. The van der Waals surface area contributed by atoms with Gasteiger partial charge in [-0.05, 0) is 42.7 Å². The summed E-state index contributed by atoms with van der Waals surface area (Å²) in [5.41, 5.74) is 1.08. The largest absolute Gasteiger partial charge is 0.396 e. The maximum absolute atomic E-state index is 12.9. The van der Waals surface area contributed by atoms with Crippen LogP contribution >= 0.6 is 11.3 Å². The third kappa shape index (κ3) is 4.54. The van der Waals surface area contributed by atoms with Crippen molar-refractivity contribution in [1.29, 1.82) is 0 Å². The third-order valence-corrected chi connectivity index (χ3v) is 8.95. The number of fused-ring (bicyclic) bond motifs is 2. The molecule has 0 aliphatic heterocycles. The van der Waals surface area contributed by atoms with Crippen LogP contribution in [0.2, 0.25) is 0 Å². The van der Waals surface area contributed by atoms with Crippen LogP contribution in [-0.2, 0) is 16.0 Å². The monoisotopic (exact) mass is 473 g/mol. The molecule has 0 saturated heterocycles. The highest BCUT2D eigenvalue weighted by Gasteiger charge is 2.59. The summed E-state index contributed by atoms with van der Waals surface area (Å²) in [5.74, 6) is -0.0601. The van der Waals surface area contributed by atoms with Gasteiger partial charge in [-0.3, -0.25) is 4.79 Å². The first kappa shape index (κ1) is 24.1. The molecule has 2 aromatic rings. The quantitative estimate of drug-likeness (QED) is 0.438. The number of thiazole rings is 1. The van der Waals surface area contributed by atoms with E-state index in [1.54, 1.807) is 18.4 Å². The van der Waals surface area contributed by atoms with Crippen molar-refractivity contribution in [3.8, 4) is 0 Å². The molecule has 1 heterocycles. The number of carbonyl (C=O) groups excluding carboxylic acids is 1. The number of para-hydroxylation sites is 1. The third-order valence-electron chi connectivity index (χ3n) is 7.94. The van der Waals surface area contributed by atoms with Gasteiger partial charge in [0.05, 0.1) is 25.0 Å². The van der Waals surface area contributed by atoms with Gasteiger partial charge in [-0.25, -0.2) is 4.98 Å². The minimum Gasteiger partial charge on any atom is -0.396 e. The Morgan fingerprint density at radius 2 is 2.06 bits per heavy atom. The molecule has 2 aliphatic carbocycles. The highest BCUT2D eigenvalue weighted by Crippen LogP contribution is 2.62. The zero-order valence-electron chi connectivity index (χ0n) is 19.6. The molecular weight excluding hydrogens is 438 g/mol. The van der Waals surface area contributed by atoms with Crippen LogP contribution < -0.4 is 10.6 Å². The summed E-state index contributed by atoms with van der Waals surface area (Å²) in [7, 11) is 1.62. The molecule has 4 rings (SSSR count). The van der Waals surface area contributed by atoms with Crippen LogP contribution in [0.4, 0.5) is 10.8 Å². The molecular formula is C25H35N3O4S. The smallest absolute Gasteiger partial charge is 0.220 e. The molecule has 4 N–H and O–H groups in total. The summed E-state index contributed by atoms with van der Waals surface area (Å²) in [6.07, 6.45) is 1.92. The standard InChI is InChI=1S/C25H35N3O4S/c1-24-10-9-20(30)25(2,15-29)19(24)14-18-22(17(24)13-21(31)26-11-12-32-3)28-23(33-18)27-16-7-5-4-6-8-16/h4-8,17,19-20,29-30H,9-15H2,1-3H3,(H,26,31)(H,27,28)/t17-,19+,20-,24+,25+/m1/s1. The summed E-state index contributed by atoms with van der Waals surface area (Å²) in [5, 5.41) is 28.4. The number of hydrogen-bond donors (Lipinski definition) is 4. The lowest BCUT2D eigenvalue weighted by molar-refractivity contribution is -0.144. The fraction of sp³-hybridized carbons (Fsp3) is 0.600. The number of methoxy groups -OCH3 is 1. The summed E-state index contributed by atoms with van der Waals surface area (Å²) in [6.45, 7) is 5.07. The fourth-order valence-corrected chi connectivity index (χ4v) is 6.98. The van der Waals surface area contributed by atoms with Crippen LogP contribution in [0.3, 0.4) is 0 Å². The van der Waals surface area contributed by atoms with Gasteiger partial charge in [0.2, 0.25) is 5.91 Å². The van der Waals surface area contributed by atoms with E-state index in [0.717, 1.165) is 34.2 Å². The molecule has 1 aromatic carbocycles. The summed E-state index contributed by atoms with van der Waals surface area (Å²) in [4.78, 5) is 19.0. The SMILES string of the molecule is COCCNC(=O)C[C@@H]1c2nc(Nc3ccccc3)sc2C[C@@H]2[C@](C)(CO)[C@H](O)CC[C@]21C. The maximum atomic E-state index is 12.9. The molecule has 8 heteroatoms. The van der Waals surface area contributed by atoms with Gasteiger partial charge in [0, 0.05) is 42.0 Å². The van der Waals surface area contributed by atoms with Crippen molar-refractivity contribution in [2.45, 2.75) is 51.6 Å². The fourth-order valence-electron chi connectivity index (χ4n) is 5.89. The van der Waals surface area contributed by atoms with Gasteiger partial charge in [0.1, 0.15) is 0 Å². The highest BCUT2D eigenvalue weighted by atomic mass is 32.1. The first-order valence-corrected chi connectivity index (χ1v) is 12.5. The summed E-state index contributed by atoms with van der Waals surface area (Å²) in [6, 6.07) is 9.94. The molecule has 33 heavy (non-hydrogen) atoms. The van der Waals surface area contributed by atoms with Gasteiger partial charge in [0.15, 0.2) is 5.13 Å². The van der Waals surface area contributed by atoms with Crippen LogP contribution in [0, 0.1) is 16.7 Å². The number of ether oxygens (including phenoxy) is 1. The lowest BCUT2D eigenvalue weighted by Crippen LogP contribution is -2.57. The lowest BCUT2D eigenvalue weighted by atomic mass is 9.47. The molecule has 0 unspecified atom stereocenters. The Kier molecular flexibility index (Phi) is 7.09. The minimum atomic E-state index is -0.619. The van der Waals surface area contributed by atoms with E-state index in [1.165, 1.54) is 0 Å². The predicted molar refractivity (Wildman–Crippen MR) is 130 cm³/mol. The van der Waals surface area contributed by atoms with E-state index < -0.39 is 11.5 Å². The van der Waals surface area contributed by atoms with Crippen molar-refractivity contribution in [3.05, 3.63) is 40.9 Å². The van der Waals surface area contributed by atoms with Gasteiger partial charge in [0.25, 0.3) is 0 Å². The Morgan fingerprint density at radius 1 is 1.30 bits per heavy atom. The Hall–Kier alpha value is -2.00. The van der Waals surface area contributed by atoms with Crippen LogP contribution in [0.15, 0.2) is 30.3 Å². The number of nitrogens with zero attached hydrogens (tertiary/aromatic N) is 1. The average molecular weight is 474 g/mol. The number of aromatic nitrogens is 1. The molecule has 1 fully saturated rings. The molecule has 5 atom stereocenters. The highest BCUT2D eigenvalue weighted by molar-refractivity contribution is 7.15. The summed E-state index contributed by atoms with van der Waals surface area (Å²) < 4.78 is 5.07. The molecule has 2 aliphatic rings. The molecule has 180 valence electrons. The number of nitrogens with one attached hydrogen (secondary N) is 2. The normalized spacial score (nSPS) is 30.9. The Labute approximate surface area is 199 Å². The minimum absolute atomic E-state index is 0.0210. The van der Waals surface area contributed by atoms with Crippen molar-refractivity contribution in [1.82, 2.24) is 10.3 Å². The molecule has 0 radical (unpaired) electrons. The summed E-state index contributed by atoms with van der Waals surface area (Å²) >= 11 is 1.61. The molecule has 7 nitrogen and oxygen atoms in total. The molecule has 0 spiro atoms. The van der Waals surface area contributed by atoms with E-state index in [9.17, 15) is 15.0 Å². The van der Waals surface area contributed by atoms with Crippen molar-refractivity contribution in [2.24, 2.45) is 16.7 Å². The number of aliphatic hydroxyl groups is 2. The number of anilines is 2. The van der Waals surface area contributed by atoms with E-state index in [1.807, 2.05) is 37.3 Å². The number of amides is 1. The first-order chi connectivity index (χ1) is 15.8. The van der Waals surface area contributed by atoms with Crippen molar-refractivity contribution in [2.75, 3.05) is 32.2 Å². The number of aliphatic hydroxyl groups excluding tert-OH is 2. The van der Waals surface area contributed by atoms with E-state index in [0.29, 0.717) is 26.0 Å². The van der Waals surface area contributed by atoms with Crippen LogP contribution in [0.5, 0.6) is 0 Å². The number of rotatable bonds is 8. The van der Waals surface area contributed by atoms with E-state index in [-0.39, 0.29) is 29.8 Å². The Balaban J connectivity index is 1.70. The van der Waals surface area contributed by atoms with Gasteiger partial charge in [-0.15, -0.1) is 11.3 Å². The Bertz CT molecular complexity index is 968. The van der Waals surface area contributed by atoms with Gasteiger partial charge < -0.3 is 25.6 Å². The topological polar surface area (TPSA) is 104 Å². The van der Waals surface area contributed by atoms with Gasteiger partial charge in [-0.2, -0.15) is 0 Å². The molecule has 1 amide bonds. The van der Waals surface area contributed by atoms with Crippen LogP contribution in [-0.4, -0.2) is 54.1 Å². The first-order valence-electron chi connectivity index (χ1n) is 11.7. The van der Waals surface area contributed by atoms with Crippen LogP contribution in [0.25, 0.3) is 0 Å². The predicted octanol–water partition coefficient (Wildman–Crippen LogP) is 3.45. The second kappa shape index (κ2) is 9.70. The average Bonchev–Trinajstić information content (AvgIpc) is 3.21. The number of benzene rings is 1. The molecule has 1 aromatic heterocycles. The van der Waals surface area contributed by atoms with Crippen molar-refractivity contribution >= 4 is 28.1 Å². The second-order valence-electron chi connectivity index (χ2n) is 9.90. The van der Waals surface area contributed by atoms with Gasteiger partial charge in [-0.1, -0.05) is 32.0 Å². The van der Waals surface area contributed by atoms with Gasteiger partial charge >= 0.3 is 0 Å². The molecule has 1 saturated carbocycles. The van der Waals surface area contributed by atoms with E-state index in [4.69, 9.17) is 9.72 Å². The number of carbonyl (C=O) groups is 1. The zero-order chi connectivity index (χ0) is 23.6. The Morgan fingerprint density at radius 3 is 2.76 bits per heavy atom. The number of hydrogen-bond acceptors (Lipinski definition) is 7. The van der Waals surface area contributed by atoms with Crippen molar-refractivity contribution < 1.29 is 19.7 Å².